The number of rotatable bonds is 14. The third-order valence-electron chi connectivity index (χ3n) is 3.70. The molecule has 0 aromatic carbocycles. The molecule has 0 radical (unpaired) electrons. The number of nitrogens with zero attached hydrogens (tertiary/aromatic N) is 1. The molecular formula is C18H35NO5. The predicted molar refractivity (Wildman–Crippen MR) is 91.0 cm³/mol. The highest BCUT2D eigenvalue weighted by atomic mass is 16.5. The predicted octanol–water partition coefficient (Wildman–Crippen LogP) is 1.25. The summed E-state index contributed by atoms with van der Waals surface area (Å²) in [5, 5.41) is 19.9. The van der Waals surface area contributed by atoms with Crippen LogP contribution in [0.5, 0.6) is 0 Å². The Morgan fingerprint density at radius 1 is 1.04 bits per heavy atom. The van der Waals surface area contributed by atoms with Crippen molar-refractivity contribution in [3.05, 3.63) is 0 Å². The van der Waals surface area contributed by atoms with E-state index in [1.165, 1.54) is 0 Å². The number of esters is 1. The van der Waals surface area contributed by atoms with E-state index in [4.69, 9.17) is 9.84 Å². The number of aliphatic hydroxyl groups is 1. The second-order valence-electron chi connectivity index (χ2n) is 7.67. The van der Waals surface area contributed by atoms with E-state index in [1.807, 2.05) is 21.1 Å². The molecule has 2 unspecified atom stereocenters. The molecule has 0 aromatic heterocycles. The van der Waals surface area contributed by atoms with Crippen LogP contribution in [0.2, 0.25) is 0 Å². The van der Waals surface area contributed by atoms with Crippen molar-refractivity contribution in [2.24, 2.45) is 0 Å². The monoisotopic (exact) mass is 345 g/mol. The van der Waals surface area contributed by atoms with Gasteiger partial charge in [-0.1, -0.05) is 32.1 Å². The minimum atomic E-state index is -1.20. The molecule has 1 N–H and O–H groups in total. The number of carboxylic acid groups (broad SMARTS) is 1. The van der Waals surface area contributed by atoms with Crippen LogP contribution < -0.4 is 5.11 Å². The van der Waals surface area contributed by atoms with E-state index in [0.29, 0.717) is 17.4 Å². The summed E-state index contributed by atoms with van der Waals surface area (Å²) in [4.78, 5) is 22.6. The number of carbonyl (C=O) groups is 2. The smallest absolute Gasteiger partial charge is 0.306 e. The van der Waals surface area contributed by atoms with Crippen LogP contribution >= 0.6 is 0 Å². The van der Waals surface area contributed by atoms with E-state index in [1.54, 1.807) is 6.92 Å². The average molecular weight is 345 g/mol. The third-order valence-corrected chi connectivity index (χ3v) is 3.70. The number of aliphatic carboxylic acids is 1. The maximum atomic E-state index is 11.9. The van der Waals surface area contributed by atoms with Crippen molar-refractivity contribution in [2.45, 2.75) is 76.9 Å². The van der Waals surface area contributed by atoms with Crippen LogP contribution in [-0.2, 0) is 14.3 Å². The first-order valence-electron chi connectivity index (χ1n) is 8.98. The highest BCUT2D eigenvalue weighted by Gasteiger charge is 2.22. The van der Waals surface area contributed by atoms with E-state index in [9.17, 15) is 14.7 Å². The van der Waals surface area contributed by atoms with Crippen LogP contribution in [0.3, 0.4) is 0 Å². The number of quaternary nitrogens is 1. The van der Waals surface area contributed by atoms with Crippen molar-refractivity contribution in [3.8, 4) is 0 Å². The summed E-state index contributed by atoms with van der Waals surface area (Å²) in [6, 6.07) is 0. The van der Waals surface area contributed by atoms with Crippen molar-refractivity contribution in [1.29, 1.82) is 0 Å². The number of ether oxygens (including phenoxy) is 1. The minimum Gasteiger partial charge on any atom is -0.550 e. The van der Waals surface area contributed by atoms with E-state index in [-0.39, 0.29) is 18.5 Å². The second kappa shape index (κ2) is 12.3. The standard InChI is InChI=1S/C18H35NO5/c1-15(20)11-9-7-5-6-8-10-12-18(23)24-16(13-17(21)22)14-19(2,3)4/h15-16,20H,5-14H2,1-4H3. The van der Waals surface area contributed by atoms with Crippen LogP contribution in [0, 0.1) is 0 Å². The number of unbranched alkanes of at least 4 members (excludes halogenated alkanes) is 5. The molecule has 0 heterocycles. The lowest BCUT2D eigenvalue weighted by atomic mass is 10.1. The Balaban J connectivity index is 3.86. The van der Waals surface area contributed by atoms with Crippen molar-refractivity contribution in [1.82, 2.24) is 0 Å². The number of carbonyl (C=O) groups excluding carboxylic acids is 2. The van der Waals surface area contributed by atoms with Gasteiger partial charge < -0.3 is 24.2 Å². The topological polar surface area (TPSA) is 86.7 Å². The Kier molecular flexibility index (Phi) is 11.7. The molecular weight excluding hydrogens is 310 g/mol. The number of aliphatic hydroxyl groups excluding tert-OH is 1. The molecule has 0 aliphatic heterocycles. The molecule has 24 heavy (non-hydrogen) atoms. The average Bonchev–Trinajstić information content (AvgIpc) is 2.38. The van der Waals surface area contributed by atoms with Gasteiger partial charge >= 0.3 is 5.97 Å². The van der Waals surface area contributed by atoms with Gasteiger partial charge in [0.1, 0.15) is 6.54 Å². The molecule has 0 spiro atoms. The minimum absolute atomic E-state index is 0.222. The zero-order chi connectivity index (χ0) is 18.6. The highest BCUT2D eigenvalue weighted by molar-refractivity contribution is 5.70. The number of likely N-dealkylation sites (N-methyl/N-ethyl adjacent to an activating group) is 1. The largest absolute Gasteiger partial charge is 0.550 e. The molecule has 0 saturated heterocycles. The summed E-state index contributed by atoms with van der Waals surface area (Å²) in [6.07, 6.45) is 6.09. The zero-order valence-electron chi connectivity index (χ0n) is 15.8. The first-order valence-corrected chi connectivity index (χ1v) is 8.98. The van der Waals surface area contributed by atoms with Gasteiger partial charge in [0.05, 0.1) is 27.2 Å². The van der Waals surface area contributed by atoms with Gasteiger partial charge in [-0.05, 0) is 19.8 Å². The van der Waals surface area contributed by atoms with E-state index >= 15 is 0 Å². The summed E-state index contributed by atoms with van der Waals surface area (Å²) in [7, 11) is 5.77. The van der Waals surface area contributed by atoms with Gasteiger partial charge in [-0.25, -0.2) is 0 Å². The lowest BCUT2D eigenvalue weighted by Crippen LogP contribution is -2.45. The molecule has 0 fully saturated rings. The Bertz CT molecular complexity index is 363. The van der Waals surface area contributed by atoms with Gasteiger partial charge in [0.15, 0.2) is 6.10 Å². The summed E-state index contributed by atoms with van der Waals surface area (Å²) >= 11 is 0. The van der Waals surface area contributed by atoms with Crippen molar-refractivity contribution in [3.63, 3.8) is 0 Å². The van der Waals surface area contributed by atoms with Crippen LogP contribution in [0.15, 0.2) is 0 Å². The molecule has 0 aromatic rings. The Hall–Kier alpha value is -1.14. The highest BCUT2D eigenvalue weighted by Crippen LogP contribution is 2.11. The van der Waals surface area contributed by atoms with E-state index < -0.39 is 12.1 Å². The Morgan fingerprint density at radius 2 is 1.58 bits per heavy atom. The molecule has 6 heteroatoms. The maximum absolute atomic E-state index is 11.9. The Morgan fingerprint density at radius 3 is 2.08 bits per heavy atom. The van der Waals surface area contributed by atoms with Crippen molar-refractivity contribution >= 4 is 11.9 Å². The molecule has 142 valence electrons. The van der Waals surface area contributed by atoms with Crippen LogP contribution in [0.1, 0.15) is 64.7 Å². The molecule has 0 aliphatic carbocycles. The summed E-state index contributed by atoms with van der Waals surface area (Å²) in [6.45, 7) is 2.25. The van der Waals surface area contributed by atoms with Gasteiger partial charge in [-0.3, -0.25) is 4.79 Å². The lowest BCUT2D eigenvalue weighted by molar-refractivity contribution is -0.873. The first-order chi connectivity index (χ1) is 11.1. The second-order valence-corrected chi connectivity index (χ2v) is 7.67. The SMILES string of the molecule is CC(O)CCCCCCCCC(=O)OC(CC(=O)[O-])C[N+](C)(C)C. The fraction of sp³-hybridized carbons (Fsp3) is 0.889. The maximum Gasteiger partial charge on any atom is 0.306 e. The number of carboxylic acids is 1. The molecule has 2 atom stereocenters. The third kappa shape index (κ3) is 15.7. The van der Waals surface area contributed by atoms with Gasteiger partial charge in [0.25, 0.3) is 0 Å². The van der Waals surface area contributed by atoms with Gasteiger partial charge in [0, 0.05) is 18.8 Å². The molecule has 6 nitrogen and oxygen atoms in total. The van der Waals surface area contributed by atoms with Gasteiger partial charge in [-0.2, -0.15) is 0 Å². The van der Waals surface area contributed by atoms with Gasteiger partial charge in [-0.15, -0.1) is 0 Å². The normalized spacial score (nSPS) is 14.2. The first kappa shape index (κ1) is 22.9. The fourth-order valence-corrected chi connectivity index (χ4v) is 2.60. The van der Waals surface area contributed by atoms with E-state index in [0.717, 1.165) is 44.9 Å². The molecule has 0 saturated carbocycles. The zero-order valence-corrected chi connectivity index (χ0v) is 15.8. The number of hydrogen-bond acceptors (Lipinski definition) is 5. The van der Waals surface area contributed by atoms with Crippen LogP contribution in [-0.4, -0.2) is 61.4 Å². The van der Waals surface area contributed by atoms with E-state index in [2.05, 4.69) is 0 Å². The fourth-order valence-electron chi connectivity index (χ4n) is 2.60. The summed E-state index contributed by atoms with van der Waals surface area (Å²) in [5.74, 6) is -1.53. The van der Waals surface area contributed by atoms with Crippen molar-refractivity contribution < 1.29 is 29.0 Å². The quantitative estimate of drug-likeness (QED) is 0.291. The lowest BCUT2D eigenvalue weighted by Gasteiger charge is -2.29. The molecule has 0 aliphatic rings. The van der Waals surface area contributed by atoms with Gasteiger partial charge in [0.2, 0.25) is 0 Å². The molecule has 0 rings (SSSR count). The summed E-state index contributed by atoms with van der Waals surface area (Å²) in [5.41, 5.74) is 0. The molecule has 0 bridgehead atoms. The van der Waals surface area contributed by atoms with Crippen LogP contribution in [0.4, 0.5) is 0 Å². The van der Waals surface area contributed by atoms with Crippen LogP contribution in [0.25, 0.3) is 0 Å². The van der Waals surface area contributed by atoms with Crippen molar-refractivity contribution in [2.75, 3.05) is 27.7 Å². The Labute approximate surface area is 146 Å². The molecule has 0 amide bonds. The summed E-state index contributed by atoms with van der Waals surface area (Å²) < 4.78 is 5.83. The number of hydrogen-bond donors (Lipinski definition) is 1.